The molecule has 0 amide bonds. The summed E-state index contributed by atoms with van der Waals surface area (Å²) >= 11 is 0. The standard InChI is InChI=1S/C14H14F2N4/c1-9-18-4-10-7-20(3-2-14(10)19-9)8-11-12(15)5-17-6-13(11)16/h4-6H,2-3,7-8H2,1H3. The second kappa shape index (κ2) is 5.20. The third kappa shape index (κ3) is 2.51. The highest BCUT2D eigenvalue weighted by atomic mass is 19.1. The second-order valence-corrected chi connectivity index (χ2v) is 4.93. The van der Waals surface area contributed by atoms with Gasteiger partial charge in [-0.05, 0) is 6.92 Å². The van der Waals surface area contributed by atoms with Crippen LogP contribution in [-0.4, -0.2) is 26.4 Å². The molecule has 0 aromatic carbocycles. The summed E-state index contributed by atoms with van der Waals surface area (Å²) in [5.74, 6) is -0.449. The number of aromatic nitrogens is 3. The highest BCUT2D eigenvalue weighted by Crippen LogP contribution is 2.20. The van der Waals surface area contributed by atoms with Gasteiger partial charge in [0.25, 0.3) is 0 Å². The van der Waals surface area contributed by atoms with E-state index in [0.717, 1.165) is 42.4 Å². The van der Waals surface area contributed by atoms with Crippen molar-refractivity contribution in [2.24, 2.45) is 0 Å². The fraction of sp³-hybridized carbons (Fsp3) is 0.357. The van der Waals surface area contributed by atoms with Crippen LogP contribution in [-0.2, 0) is 19.5 Å². The normalized spacial score (nSPS) is 15.2. The van der Waals surface area contributed by atoms with Crippen LogP contribution in [0.1, 0.15) is 22.6 Å². The lowest BCUT2D eigenvalue weighted by atomic mass is 10.1. The zero-order valence-corrected chi connectivity index (χ0v) is 11.1. The fourth-order valence-electron chi connectivity index (χ4n) is 2.42. The fourth-order valence-corrected chi connectivity index (χ4v) is 2.42. The molecule has 0 aliphatic carbocycles. The summed E-state index contributed by atoms with van der Waals surface area (Å²) in [7, 11) is 0. The van der Waals surface area contributed by atoms with Crippen molar-refractivity contribution in [3.05, 3.63) is 52.9 Å². The number of pyridine rings is 1. The molecule has 0 fully saturated rings. The van der Waals surface area contributed by atoms with Crippen LogP contribution in [0, 0.1) is 18.6 Å². The Morgan fingerprint density at radius 2 is 1.95 bits per heavy atom. The minimum Gasteiger partial charge on any atom is -0.294 e. The number of fused-ring (bicyclic) bond motifs is 1. The van der Waals surface area contributed by atoms with E-state index < -0.39 is 11.6 Å². The Balaban J connectivity index is 1.79. The summed E-state index contributed by atoms with van der Waals surface area (Å²) in [6.07, 6.45) is 4.65. The van der Waals surface area contributed by atoms with Gasteiger partial charge in [-0.3, -0.25) is 9.88 Å². The second-order valence-electron chi connectivity index (χ2n) is 4.93. The van der Waals surface area contributed by atoms with Gasteiger partial charge in [-0.2, -0.15) is 0 Å². The Kier molecular flexibility index (Phi) is 3.40. The van der Waals surface area contributed by atoms with Gasteiger partial charge in [0.2, 0.25) is 0 Å². The van der Waals surface area contributed by atoms with Gasteiger partial charge >= 0.3 is 0 Å². The summed E-state index contributed by atoms with van der Waals surface area (Å²) in [6, 6.07) is 0. The number of hydrogen-bond acceptors (Lipinski definition) is 4. The number of rotatable bonds is 2. The molecule has 1 aliphatic rings. The monoisotopic (exact) mass is 276 g/mol. The van der Waals surface area contributed by atoms with E-state index in [1.54, 1.807) is 6.20 Å². The van der Waals surface area contributed by atoms with Crippen LogP contribution in [0.15, 0.2) is 18.6 Å². The van der Waals surface area contributed by atoms with Crippen molar-refractivity contribution in [3.8, 4) is 0 Å². The first kappa shape index (κ1) is 13.1. The van der Waals surface area contributed by atoms with Crippen LogP contribution in [0.2, 0.25) is 0 Å². The van der Waals surface area contributed by atoms with Crippen molar-refractivity contribution in [2.75, 3.05) is 6.54 Å². The molecule has 0 atom stereocenters. The van der Waals surface area contributed by atoms with Gasteiger partial charge in [0.1, 0.15) is 17.5 Å². The average molecular weight is 276 g/mol. The SMILES string of the molecule is Cc1ncc2c(n1)CCN(Cc1c(F)cncc1F)C2. The molecule has 0 bridgehead atoms. The van der Waals surface area contributed by atoms with Crippen LogP contribution < -0.4 is 0 Å². The van der Waals surface area contributed by atoms with E-state index >= 15 is 0 Å². The predicted octanol–water partition coefficient (Wildman–Crippen LogP) is 2.02. The van der Waals surface area contributed by atoms with Crippen molar-refractivity contribution in [3.63, 3.8) is 0 Å². The van der Waals surface area contributed by atoms with Crippen molar-refractivity contribution < 1.29 is 8.78 Å². The van der Waals surface area contributed by atoms with Crippen LogP contribution in [0.25, 0.3) is 0 Å². The minimum atomic E-state index is -0.601. The number of halogens is 2. The molecule has 0 N–H and O–H groups in total. The summed E-state index contributed by atoms with van der Waals surface area (Å²) < 4.78 is 27.2. The molecule has 6 heteroatoms. The van der Waals surface area contributed by atoms with E-state index in [2.05, 4.69) is 15.0 Å². The Hall–Kier alpha value is -1.95. The van der Waals surface area contributed by atoms with Gasteiger partial charge in [-0.1, -0.05) is 0 Å². The highest BCUT2D eigenvalue weighted by molar-refractivity contribution is 5.21. The van der Waals surface area contributed by atoms with Crippen molar-refractivity contribution in [1.82, 2.24) is 19.9 Å². The molecule has 2 aromatic rings. The van der Waals surface area contributed by atoms with E-state index in [1.165, 1.54) is 0 Å². The predicted molar refractivity (Wildman–Crippen MR) is 68.7 cm³/mol. The number of hydrogen-bond donors (Lipinski definition) is 0. The molecule has 20 heavy (non-hydrogen) atoms. The van der Waals surface area contributed by atoms with Crippen LogP contribution >= 0.6 is 0 Å². The third-order valence-electron chi connectivity index (χ3n) is 3.47. The smallest absolute Gasteiger partial charge is 0.148 e. The van der Waals surface area contributed by atoms with Crippen molar-refractivity contribution >= 4 is 0 Å². The van der Waals surface area contributed by atoms with Crippen LogP contribution in [0.4, 0.5) is 8.78 Å². The maximum Gasteiger partial charge on any atom is 0.148 e. The quantitative estimate of drug-likeness (QED) is 0.841. The lowest BCUT2D eigenvalue weighted by Gasteiger charge is -2.28. The molecule has 3 rings (SSSR count). The van der Waals surface area contributed by atoms with E-state index in [9.17, 15) is 8.78 Å². The molecule has 0 spiro atoms. The summed E-state index contributed by atoms with van der Waals surface area (Å²) in [4.78, 5) is 14.1. The first-order chi connectivity index (χ1) is 9.63. The first-order valence-electron chi connectivity index (χ1n) is 6.45. The van der Waals surface area contributed by atoms with E-state index in [0.29, 0.717) is 6.54 Å². The zero-order chi connectivity index (χ0) is 14.1. The maximum absolute atomic E-state index is 13.6. The molecule has 1 aliphatic heterocycles. The van der Waals surface area contributed by atoms with Crippen LogP contribution in [0.3, 0.4) is 0 Å². The largest absolute Gasteiger partial charge is 0.294 e. The third-order valence-corrected chi connectivity index (χ3v) is 3.47. The Bertz CT molecular complexity index is 625. The molecule has 4 nitrogen and oxygen atoms in total. The Morgan fingerprint density at radius 1 is 1.20 bits per heavy atom. The minimum absolute atomic E-state index is 0.0662. The molecule has 0 saturated heterocycles. The molecule has 104 valence electrons. The van der Waals surface area contributed by atoms with Gasteiger partial charge in [0.15, 0.2) is 0 Å². The Morgan fingerprint density at radius 3 is 2.70 bits per heavy atom. The van der Waals surface area contributed by atoms with Gasteiger partial charge in [-0.15, -0.1) is 0 Å². The molecule has 0 unspecified atom stereocenters. The van der Waals surface area contributed by atoms with Gasteiger partial charge in [0, 0.05) is 49.1 Å². The molecule has 0 radical (unpaired) electrons. The summed E-state index contributed by atoms with van der Waals surface area (Å²) in [6.45, 7) is 3.42. The average Bonchev–Trinajstić information content (AvgIpc) is 2.43. The molecular weight excluding hydrogens is 262 g/mol. The lowest BCUT2D eigenvalue weighted by Crippen LogP contribution is -2.31. The van der Waals surface area contributed by atoms with E-state index in [4.69, 9.17) is 0 Å². The molecule has 3 heterocycles. The number of aryl methyl sites for hydroxylation is 1. The molecular formula is C14H14F2N4. The van der Waals surface area contributed by atoms with Gasteiger partial charge < -0.3 is 0 Å². The highest BCUT2D eigenvalue weighted by Gasteiger charge is 2.20. The summed E-state index contributed by atoms with van der Waals surface area (Å²) in [5.41, 5.74) is 2.12. The van der Waals surface area contributed by atoms with Gasteiger partial charge in [0.05, 0.1) is 12.4 Å². The zero-order valence-electron chi connectivity index (χ0n) is 11.1. The summed E-state index contributed by atoms with van der Waals surface area (Å²) in [5, 5.41) is 0. The lowest BCUT2D eigenvalue weighted by molar-refractivity contribution is 0.235. The Labute approximate surface area is 115 Å². The van der Waals surface area contributed by atoms with E-state index in [1.807, 2.05) is 11.8 Å². The molecule has 2 aromatic heterocycles. The first-order valence-corrected chi connectivity index (χ1v) is 6.45. The number of nitrogens with zero attached hydrogens (tertiary/aromatic N) is 4. The maximum atomic E-state index is 13.6. The van der Waals surface area contributed by atoms with E-state index in [-0.39, 0.29) is 12.1 Å². The van der Waals surface area contributed by atoms with Gasteiger partial charge in [-0.25, -0.2) is 18.7 Å². The van der Waals surface area contributed by atoms with Crippen molar-refractivity contribution in [2.45, 2.75) is 26.4 Å². The topological polar surface area (TPSA) is 41.9 Å². The van der Waals surface area contributed by atoms with Crippen molar-refractivity contribution in [1.29, 1.82) is 0 Å². The van der Waals surface area contributed by atoms with Crippen LogP contribution in [0.5, 0.6) is 0 Å². The molecule has 0 saturated carbocycles.